The van der Waals surface area contributed by atoms with Crippen LogP contribution in [0.3, 0.4) is 0 Å². The Morgan fingerprint density at radius 3 is 2.42 bits per heavy atom. The van der Waals surface area contributed by atoms with Crippen molar-refractivity contribution in [3.05, 3.63) is 0 Å². The van der Waals surface area contributed by atoms with Gasteiger partial charge < -0.3 is 5.11 Å². The van der Waals surface area contributed by atoms with E-state index in [9.17, 15) is 9.90 Å². The molecule has 2 heteroatoms. The minimum absolute atomic E-state index is 0.0880. The van der Waals surface area contributed by atoms with Crippen LogP contribution in [0.25, 0.3) is 0 Å². The van der Waals surface area contributed by atoms with Gasteiger partial charge in [-0.1, -0.05) is 20.8 Å². The number of hydrogen-bond acceptors (Lipinski definition) is 2. The Morgan fingerprint density at radius 1 is 1.50 bits per heavy atom. The molecular formula is C10H18O2. The highest BCUT2D eigenvalue weighted by atomic mass is 16.3. The van der Waals surface area contributed by atoms with Gasteiger partial charge >= 0.3 is 0 Å². The first-order valence-corrected chi connectivity index (χ1v) is 4.61. The molecule has 2 nitrogen and oxygen atoms in total. The first-order chi connectivity index (χ1) is 5.41. The monoisotopic (exact) mass is 170 g/mol. The summed E-state index contributed by atoms with van der Waals surface area (Å²) in [5.41, 5.74) is -0.0880. The van der Waals surface area contributed by atoms with E-state index in [0.717, 1.165) is 6.42 Å². The van der Waals surface area contributed by atoms with Crippen LogP contribution >= 0.6 is 0 Å². The zero-order chi connectivity index (χ0) is 9.35. The average molecular weight is 170 g/mol. The summed E-state index contributed by atoms with van der Waals surface area (Å²) < 4.78 is 0. The maximum atomic E-state index is 11.0. The normalized spacial score (nSPS) is 27.7. The van der Waals surface area contributed by atoms with Gasteiger partial charge in [-0.3, -0.25) is 4.79 Å². The van der Waals surface area contributed by atoms with Gasteiger partial charge in [0.1, 0.15) is 5.78 Å². The van der Waals surface area contributed by atoms with Crippen LogP contribution in [0.15, 0.2) is 0 Å². The van der Waals surface area contributed by atoms with Gasteiger partial charge in [-0.2, -0.15) is 0 Å². The van der Waals surface area contributed by atoms with Crippen molar-refractivity contribution in [2.24, 2.45) is 11.3 Å². The van der Waals surface area contributed by atoms with E-state index >= 15 is 0 Å². The van der Waals surface area contributed by atoms with Gasteiger partial charge in [0, 0.05) is 12.8 Å². The summed E-state index contributed by atoms with van der Waals surface area (Å²) in [7, 11) is 0. The minimum atomic E-state index is -0.330. The Bertz CT molecular complexity index is 179. The Hall–Kier alpha value is -0.370. The molecule has 1 aliphatic rings. The standard InChI is InChI=1S/C10H18O2/c1-10(2,3)9(12)7-4-5-8(11)6-7/h7,9,12H,4-6H2,1-3H3. The number of Topliss-reactive ketones (excluding diaryl/α,β-unsaturated/α-hetero) is 1. The zero-order valence-electron chi connectivity index (χ0n) is 8.13. The number of aliphatic hydroxyl groups excluding tert-OH is 1. The number of carbonyl (C=O) groups is 1. The molecule has 12 heavy (non-hydrogen) atoms. The van der Waals surface area contributed by atoms with Crippen molar-refractivity contribution >= 4 is 5.78 Å². The smallest absolute Gasteiger partial charge is 0.133 e. The topological polar surface area (TPSA) is 37.3 Å². The third-order valence-electron chi connectivity index (χ3n) is 2.62. The summed E-state index contributed by atoms with van der Waals surface area (Å²) in [6.07, 6.45) is 1.79. The van der Waals surface area contributed by atoms with Crippen LogP contribution in [0.5, 0.6) is 0 Å². The van der Waals surface area contributed by atoms with Crippen molar-refractivity contribution in [1.82, 2.24) is 0 Å². The SMILES string of the molecule is CC(C)(C)C(O)C1CCC(=O)C1. The molecule has 2 unspecified atom stereocenters. The third kappa shape index (κ3) is 2.07. The molecule has 2 atom stereocenters. The van der Waals surface area contributed by atoms with Crippen molar-refractivity contribution in [1.29, 1.82) is 0 Å². The number of aliphatic hydroxyl groups is 1. The van der Waals surface area contributed by atoms with E-state index in [0.29, 0.717) is 18.6 Å². The van der Waals surface area contributed by atoms with Crippen LogP contribution in [0.2, 0.25) is 0 Å². The Labute approximate surface area is 74.0 Å². The molecule has 1 fully saturated rings. The van der Waals surface area contributed by atoms with Gasteiger partial charge in [-0.05, 0) is 17.8 Å². The van der Waals surface area contributed by atoms with Crippen LogP contribution < -0.4 is 0 Å². The molecule has 0 amide bonds. The lowest BCUT2D eigenvalue weighted by molar-refractivity contribution is -0.118. The predicted molar refractivity (Wildman–Crippen MR) is 47.8 cm³/mol. The molecule has 0 saturated heterocycles. The quantitative estimate of drug-likeness (QED) is 0.651. The average Bonchev–Trinajstić information content (AvgIpc) is 2.32. The van der Waals surface area contributed by atoms with Crippen molar-refractivity contribution in [3.8, 4) is 0 Å². The maximum absolute atomic E-state index is 11.0. The molecule has 1 rings (SSSR count). The molecule has 0 heterocycles. The summed E-state index contributed by atoms with van der Waals surface area (Å²) >= 11 is 0. The Kier molecular flexibility index (Phi) is 2.57. The van der Waals surface area contributed by atoms with Crippen molar-refractivity contribution in [2.45, 2.75) is 46.1 Å². The molecule has 0 aromatic heterocycles. The van der Waals surface area contributed by atoms with Crippen LogP contribution in [0, 0.1) is 11.3 Å². The molecular weight excluding hydrogens is 152 g/mol. The molecule has 0 aromatic carbocycles. The lowest BCUT2D eigenvalue weighted by Crippen LogP contribution is -2.32. The number of ketones is 1. The molecule has 0 aromatic rings. The van der Waals surface area contributed by atoms with E-state index in [4.69, 9.17) is 0 Å². The van der Waals surface area contributed by atoms with Crippen LogP contribution in [-0.2, 0) is 4.79 Å². The molecule has 1 saturated carbocycles. The highest BCUT2D eigenvalue weighted by Crippen LogP contribution is 2.33. The fourth-order valence-electron chi connectivity index (χ4n) is 1.82. The zero-order valence-corrected chi connectivity index (χ0v) is 8.13. The van der Waals surface area contributed by atoms with E-state index in [1.807, 2.05) is 20.8 Å². The van der Waals surface area contributed by atoms with Crippen LogP contribution in [0.1, 0.15) is 40.0 Å². The van der Waals surface area contributed by atoms with E-state index in [1.165, 1.54) is 0 Å². The Balaban J connectivity index is 2.54. The first kappa shape index (κ1) is 9.72. The first-order valence-electron chi connectivity index (χ1n) is 4.61. The van der Waals surface area contributed by atoms with Crippen molar-refractivity contribution < 1.29 is 9.90 Å². The van der Waals surface area contributed by atoms with E-state index in [-0.39, 0.29) is 17.4 Å². The van der Waals surface area contributed by atoms with Gasteiger partial charge in [-0.15, -0.1) is 0 Å². The number of rotatable bonds is 1. The fourth-order valence-corrected chi connectivity index (χ4v) is 1.82. The summed E-state index contributed by atoms with van der Waals surface area (Å²) in [6.45, 7) is 6.04. The lowest BCUT2D eigenvalue weighted by Gasteiger charge is -2.30. The van der Waals surface area contributed by atoms with Crippen LogP contribution in [-0.4, -0.2) is 17.0 Å². The van der Waals surface area contributed by atoms with Gasteiger partial charge in [0.2, 0.25) is 0 Å². The molecule has 0 spiro atoms. The van der Waals surface area contributed by atoms with E-state index in [2.05, 4.69) is 0 Å². The molecule has 0 aliphatic heterocycles. The predicted octanol–water partition coefficient (Wildman–Crippen LogP) is 1.76. The highest BCUT2D eigenvalue weighted by Gasteiger charge is 2.34. The van der Waals surface area contributed by atoms with E-state index < -0.39 is 0 Å². The molecule has 0 radical (unpaired) electrons. The van der Waals surface area contributed by atoms with Crippen LogP contribution in [0.4, 0.5) is 0 Å². The second-order valence-corrected chi connectivity index (χ2v) is 4.85. The largest absolute Gasteiger partial charge is 0.392 e. The second kappa shape index (κ2) is 3.17. The van der Waals surface area contributed by atoms with Gasteiger partial charge in [0.05, 0.1) is 6.10 Å². The van der Waals surface area contributed by atoms with Gasteiger partial charge in [0.15, 0.2) is 0 Å². The van der Waals surface area contributed by atoms with Gasteiger partial charge in [-0.25, -0.2) is 0 Å². The summed E-state index contributed by atoms with van der Waals surface area (Å²) in [5.74, 6) is 0.515. The maximum Gasteiger partial charge on any atom is 0.133 e. The lowest BCUT2D eigenvalue weighted by atomic mass is 9.80. The third-order valence-corrected chi connectivity index (χ3v) is 2.62. The highest BCUT2D eigenvalue weighted by molar-refractivity contribution is 5.80. The minimum Gasteiger partial charge on any atom is -0.392 e. The summed E-state index contributed by atoms with van der Waals surface area (Å²) in [5, 5.41) is 9.85. The molecule has 1 aliphatic carbocycles. The van der Waals surface area contributed by atoms with E-state index in [1.54, 1.807) is 0 Å². The Morgan fingerprint density at radius 2 is 2.08 bits per heavy atom. The number of carbonyl (C=O) groups excluding carboxylic acids is 1. The number of hydrogen-bond donors (Lipinski definition) is 1. The fraction of sp³-hybridized carbons (Fsp3) is 0.900. The molecule has 70 valence electrons. The summed E-state index contributed by atoms with van der Waals surface area (Å²) in [6, 6.07) is 0. The molecule has 1 N–H and O–H groups in total. The van der Waals surface area contributed by atoms with Gasteiger partial charge in [0.25, 0.3) is 0 Å². The summed E-state index contributed by atoms with van der Waals surface area (Å²) in [4.78, 5) is 11.0. The van der Waals surface area contributed by atoms with Crippen molar-refractivity contribution in [3.63, 3.8) is 0 Å². The molecule has 0 bridgehead atoms. The second-order valence-electron chi connectivity index (χ2n) is 4.85. The van der Waals surface area contributed by atoms with Crippen molar-refractivity contribution in [2.75, 3.05) is 0 Å².